The fourth-order valence-corrected chi connectivity index (χ4v) is 4.09. The average Bonchev–Trinajstić information content (AvgIpc) is 2.67. The first-order valence-corrected chi connectivity index (χ1v) is 10.2. The van der Waals surface area contributed by atoms with Crippen molar-refractivity contribution in [3.8, 4) is 0 Å². The third-order valence-electron chi connectivity index (χ3n) is 5.97. The molecule has 1 aromatic heterocycles. The number of amides is 2. The summed E-state index contributed by atoms with van der Waals surface area (Å²) in [6.07, 6.45) is 1.72. The van der Waals surface area contributed by atoms with Gasteiger partial charge in [0, 0.05) is 42.0 Å². The van der Waals surface area contributed by atoms with E-state index in [0.717, 1.165) is 16.9 Å². The van der Waals surface area contributed by atoms with Gasteiger partial charge in [0.15, 0.2) is 0 Å². The molecule has 8 heteroatoms. The zero-order valence-corrected chi connectivity index (χ0v) is 17.7. The van der Waals surface area contributed by atoms with Gasteiger partial charge in [0.1, 0.15) is 0 Å². The lowest BCUT2D eigenvalue weighted by atomic mass is 9.82. The Morgan fingerprint density at radius 2 is 1.97 bits per heavy atom. The Hall–Kier alpha value is -3.00. The Kier molecular flexibility index (Phi) is 5.42. The average molecular weight is 409 g/mol. The highest BCUT2D eigenvalue weighted by atomic mass is 16.5. The molecule has 30 heavy (non-hydrogen) atoms. The zero-order chi connectivity index (χ0) is 21.4. The van der Waals surface area contributed by atoms with Crippen molar-refractivity contribution in [1.29, 1.82) is 0 Å². The van der Waals surface area contributed by atoms with Crippen LogP contribution in [0, 0.1) is 12.8 Å². The van der Waals surface area contributed by atoms with E-state index in [-0.39, 0.29) is 35.9 Å². The molecule has 0 radical (unpaired) electrons. The van der Waals surface area contributed by atoms with E-state index in [2.05, 4.69) is 27.5 Å². The van der Waals surface area contributed by atoms with Gasteiger partial charge in [0.05, 0.1) is 25.3 Å². The highest BCUT2D eigenvalue weighted by Gasteiger charge is 2.39. The third-order valence-corrected chi connectivity index (χ3v) is 5.97. The molecule has 0 bridgehead atoms. The van der Waals surface area contributed by atoms with Crippen LogP contribution in [-0.2, 0) is 9.53 Å². The second-order valence-electron chi connectivity index (χ2n) is 8.11. The molecule has 1 fully saturated rings. The van der Waals surface area contributed by atoms with Gasteiger partial charge in [-0.25, -0.2) is 9.97 Å². The monoisotopic (exact) mass is 409 g/mol. The molecule has 3 atom stereocenters. The number of nitrogens with zero attached hydrogens (tertiary/aromatic N) is 3. The molecule has 0 spiro atoms. The molecule has 4 rings (SSSR count). The summed E-state index contributed by atoms with van der Waals surface area (Å²) in [6, 6.07) is 7.22. The van der Waals surface area contributed by atoms with E-state index < -0.39 is 0 Å². The fourth-order valence-electron chi connectivity index (χ4n) is 4.09. The highest BCUT2D eigenvalue weighted by Crippen LogP contribution is 2.42. The molecule has 2 aliphatic rings. The minimum Gasteiger partial charge on any atom is -0.377 e. The third kappa shape index (κ3) is 3.75. The van der Waals surface area contributed by atoms with Gasteiger partial charge in [-0.2, -0.15) is 0 Å². The number of fused-ring (bicyclic) bond motifs is 1. The quantitative estimate of drug-likeness (QED) is 0.805. The Morgan fingerprint density at radius 3 is 2.60 bits per heavy atom. The van der Waals surface area contributed by atoms with E-state index >= 15 is 0 Å². The van der Waals surface area contributed by atoms with Crippen LogP contribution in [0.1, 0.15) is 48.4 Å². The largest absolute Gasteiger partial charge is 0.377 e. The van der Waals surface area contributed by atoms with Gasteiger partial charge in [-0.05, 0) is 43.7 Å². The summed E-state index contributed by atoms with van der Waals surface area (Å²) in [5.41, 5.74) is 3.12. The molecule has 0 aliphatic carbocycles. The van der Waals surface area contributed by atoms with Gasteiger partial charge in [0.25, 0.3) is 5.91 Å². The number of nitrogens with one attached hydrogen (secondary N) is 2. The van der Waals surface area contributed by atoms with Crippen LogP contribution in [0.5, 0.6) is 0 Å². The van der Waals surface area contributed by atoms with Crippen LogP contribution < -0.4 is 15.5 Å². The van der Waals surface area contributed by atoms with Gasteiger partial charge in [-0.3, -0.25) is 9.59 Å². The summed E-state index contributed by atoms with van der Waals surface area (Å²) >= 11 is 0. The number of carbonyl (C=O) groups excluding carboxylic acids is 2. The summed E-state index contributed by atoms with van der Waals surface area (Å²) in [5, 5.41) is 6.41. The summed E-state index contributed by atoms with van der Waals surface area (Å²) in [6.45, 7) is 8.70. The molecule has 1 saturated heterocycles. The number of hydrogen-bond donors (Lipinski definition) is 2. The zero-order valence-electron chi connectivity index (χ0n) is 17.7. The Bertz CT molecular complexity index is 975. The van der Waals surface area contributed by atoms with Crippen molar-refractivity contribution >= 4 is 23.5 Å². The van der Waals surface area contributed by atoms with E-state index in [1.165, 1.54) is 0 Å². The maximum Gasteiger partial charge on any atom is 0.251 e. The first kappa shape index (κ1) is 20.3. The number of hydrogen-bond acceptors (Lipinski definition) is 6. The highest BCUT2D eigenvalue weighted by molar-refractivity contribution is 5.98. The first-order chi connectivity index (χ1) is 14.3. The minimum absolute atomic E-state index is 0.0235. The van der Waals surface area contributed by atoms with Crippen molar-refractivity contribution < 1.29 is 14.3 Å². The molecule has 0 saturated carbocycles. The minimum atomic E-state index is -0.146. The van der Waals surface area contributed by atoms with Crippen LogP contribution in [0.2, 0.25) is 0 Å². The summed E-state index contributed by atoms with van der Waals surface area (Å²) < 4.78 is 5.14. The van der Waals surface area contributed by atoms with Crippen molar-refractivity contribution in [2.75, 3.05) is 23.4 Å². The van der Waals surface area contributed by atoms with Crippen LogP contribution in [0.15, 0.2) is 30.5 Å². The molecule has 2 aromatic rings. The van der Waals surface area contributed by atoms with E-state index in [1.54, 1.807) is 24.1 Å². The fraction of sp³-hybridized carbons (Fsp3) is 0.455. The normalized spacial score (nSPS) is 23.3. The van der Waals surface area contributed by atoms with Crippen LogP contribution >= 0.6 is 0 Å². The van der Waals surface area contributed by atoms with Gasteiger partial charge >= 0.3 is 0 Å². The van der Waals surface area contributed by atoms with Crippen molar-refractivity contribution in [1.82, 2.24) is 15.3 Å². The molecule has 2 amide bonds. The smallest absolute Gasteiger partial charge is 0.251 e. The number of aryl methyl sites for hydroxylation is 1. The lowest BCUT2D eigenvalue weighted by Crippen LogP contribution is -2.49. The second-order valence-corrected chi connectivity index (χ2v) is 8.11. The van der Waals surface area contributed by atoms with Crippen LogP contribution in [0.4, 0.5) is 11.6 Å². The summed E-state index contributed by atoms with van der Waals surface area (Å²) in [5.74, 6) is 0.439. The number of ether oxygens (including phenoxy) is 1. The molecular formula is C22H27N5O3. The first-order valence-electron chi connectivity index (χ1n) is 10.2. The molecular weight excluding hydrogens is 382 g/mol. The number of rotatable bonds is 4. The number of carbonyl (C=O) groups is 2. The van der Waals surface area contributed by atoms with Gasteiger partial charge in [0.2, 0.25) is 11.9 Å². The summed E-state index contributed by atoms with van der Waals surface area (Å²) in [7, 11) is 0. The SMILES string of the molecule is CC(=O)N1c2ccc(C(=O)NC3COC3)cc2[C@H](Nc2nccc(C)n2)[C@@H](C)[C@@H]1C. The molecule has 8 nitrogen and oxygen atoms in total. The van der Waals surface area contributed by atoms with Crippen LogP contribution in [0.25, 0.3) is 0 Å². The van der Waals surface area contributed by atoms with Gasteiger partial charge < -0.3 is 20.3 Å². The second kappa shape index (κ2) is 8.02. The molecule has 0 unspecified atom stereocenters. The van der Waals surface area contributed by atoms with Gasteiger partial charge in [-0.15, -0.1) is 0 Å². The Balaban J connectivity index is 1.73. The Labute approximate surface area is 176 Å². The number of anilines is 2. The molecule has 2 N–H and O–H groups in total. The number of aromatic nitrogens is 2. The van der Waals surface area contributed by atoms with Crippen LogP contribution in [-0.4, -0.2) is 47.1 Å². The topological polar surface area (TPSA) is 96.5 Å². The van der Waals surface area contributed by atoms with E-state index in [1.807, 2.05) is 32.0 Å². The number of benzene rings is 1. The Morgan fingerprint density at radius 1 is 1.20 bits per heavy atom. The molecule has 1 aromatic carbocycles. The predicted molar refractivity (Wildman–Crippen MR) is 113 cm³/mol. The van der Waals surface area contributed by atoms with E-state index in [4.69, 9.17) is 4.74 Å². The van der Waals surface area contributed by atoms with Crippen molar-refractivity contribution in [2.24, 2.45) is 5.92 Å². The summed E-state index contributed by atoms with van der Waals surface area (Å²) in [4.78, 5) is 35.8. The lowest BCUT2D eigenvalue weighted by molar-refractivity contribution is -0.117. The molecule has 2 aliphatic heterocycles. The maximum atomic E-state index is 12.7. The standard InChI is InChI=1S/C22H27N5O3/c1-12-7-8-23-22(24-12)26-20-13(2)14(3)27(15(4)28)19-6-5-16(9-18(19)20)21(29)25-17-10-30-11-17/h5-9,13-14,17,20H,10-11H2,1-4H3,(H,25,29)(H,23,24,26)/t13-,14-,20+/m0/s1. The molecule has 158 valence electrons. The van der Waals surface area contributed by atoms with Crippen LogP contribution in [0.3, 0.4) is 0 Å². The maximum absolute atomic E-state index is 12.7. The van der Waals surface area contributed by atoms with Gasteiger partial charge in [-0.1, -0.05) is 6.92 Å². The van der Waals surface area contributed by atoms with E-state index in [9.17, 15) is 9.59 Å². The van der Waals surface area contributed by atoms with Crippen molar-refractivity contribution in [2.45, 2.75) is 45.8 Å². The lowest BCUT2D eigenvalue weighted by Gasteiger charge is -2.44. The van der Waals surface area contributed by atoms with E-state index in [0.29, 0.717) is 24.7 Å². The predicted octanol–water partition coefficient (Wildman–Crippen LogP) is 2.46. The molecule has 3 heterocycles. The van der Waals surface area contributed by atoms with Crippen molar-refractivity contribution in [3.63, 3.8) is 0 Å². The van der Waals surface area contributed by atoms with Crippen molar-refractivity contribution in [3.05, 3.63) is 47.3 Å².